The van der Waals surface area contributed by atoms with E-state index in [-0.39, 0.29) is 17.9 Å². The highest BCUT2D eigenvalue weighted by Crippen LogP contribution is 2.31. The lowest BCUT2D eigenvalue weighted by molar-refractivity contribution is -0.130. The SMILES string of the molecule is C[C@@H](OC(=O)c1cc2c(s1)CCCC2)C(=O)N[C@H]1CCCc2ccccc21. The monoisotopic (exact) mass is 383 g/mol. The van der Waals surface area contributed by atoms with Crippen LogP contribution in [0.3, 0.4) is 0 Å². The van der Waals surface area contributed by atoms with Crippen LogP contribution in [0.1, 0.15) is 69.9 Å². The van der Waals surface area contributed by atoms with Gasteiger partial charge in [-0.05, 0) is 74.6 Å². The van der Waals surface area contributed by atoms with Crippen LogP contribution in [0, 0.1) is 0 Å². The third kappa shape index (κ3) is 3.93. The summed E-state index contributed by atoms with van der Waals surface area (Å²) in [4.78, 5) is 27.0. The van der Waals surface area contributed by atoms with Crippen molar-refractivity contribution in [1.29, 1.82) is 0 Å². The number of amides is 1. The summed E-state index contributed by atoms with van der Waals surface area (Å²) in [6.45, 7) is 1.65. The quantitative estimate of drug-likeness (QED) is 0.798. The summed E-state index contributed by atoms with van der Waals surface area (Å²) in [5.74, 6) is -0.618. The van der Waals surface area contributed by atoms with E-state index in [4.69, 9.17) is 4.74 Å². The largest absolute Gasteiger partial charge is 0.448 e. The van der Waals surface area contributed by atoms with E-state index >= 15 is 0 Å². The molecule has 0 aliphatic heterocycles. The Bertz CT molecular complexity index is 833. The number of hydrogen-bond acceptors (Lipinski definition) is 4. The van der Waals surface area contributed by atoms with Crippen molar-refractivity contribution in [3.63, 3.8) is 0 Å². The van der Waals surface area contributed by atoms with Crippen molar-refractivity contribution in [3.8, 4) is 0 Å². The molecular weight excluding hydrogens is 358 g/mol. The van der Waals surface area contributed by atoms with Crippen LogP contribution in [-0.2, 0) is 28.8 Å². The number of benzene rings is 1. The molecule has 4 nitrogen and oxygen atoms in total. The first-order valence-electron chi connectivity index (χ1n) is 9.82. The Kier molecular flexibility index (Phi) is 5.30. The summed E-state index contributed by atoms with van der Waals surface area (Å²) < 4.78 is 5.46. The number of rotatable bonds is 4. The molecule has 2 aromatic rings. The molecule has 1 aromatic carbocycles. The molecule has 0 saturated carbocycles. The van der Waals surface area contributed by atoms with Gasteiger partial charge in [0.25, 0.3) is 5.91 Å². The first kappa shape index (κ1) is 18.2. The average molecular weight is 384 g/mol. The topological polar surface area (TPSA) is 55.4 Å². The van der Waals surface area contributed by atoms with E-state index < -0.39 is 6.10 Å². The third-order valence-electron chi connectivity index (χ3n) is 5.54. The molecule has 4 rings (SSSR count). The lowest BCUT2D eigenvalue weighted by Gasteiger charge is -2.27. The van der Waals surface area contributed by atoms with Crippen molar-refractivity contribution in [2.24, 2.45) is 0 Å². The zero-order valence-electron chi connectivity index (χ0n) is 15.6. The van der Waals surface area contributed by atoms with E-state index in [1.54, 1.807) is 6.92 Å². The van der Waals surface area contributed by atoms with Gasteiger partial charge < -0.3 is 10.1 Å². The van der Waals surface area contributed by atoms with Crippen molar-refractivity contribution in [3.05, 3.63) is 56.8 Å². The molecule has 2 aliphatic carbocycles. The van der Waals surface area contributed by atoms with Crippen LogP contribution in [0.15, 0.2) is 30.3 Å². The van der Waals surface area contributed by atoms with E-state index in [0.29, 0.717) is 4.88 Å². The van der Waals surface area contributed by atoms with E-state index in [0.717, 1.165) is 32.1 Å². The fraction of sp³-hybridized carbons (Fsp3) is 0.455. The summed E-state index contributed by atoms with van der Waals surface area (Å²) in [6.07, 6.45) is 6.67. The fourth-order valence-electron chi connectivity index (χ4n) is 4.06. The van der Waals surface area contributed by atoms with Crippen LogP contribution in [0.5, 0.6) is 0 Å². The van der Waals surface area contributed by atoms with Gasteiger partial charge in [-0.3, -0.25) is 4.79 Å². The number of hydrogen-bond donors (Lipinski definition) is 1. The minimum atomic E-state index is -0.800. The molecule has 2 atom stereocenters. The molecule has 0 spiro atoms. The van der Waals surface area contributed by atoms with E-state index in [2.05, 4.69) is 17.4 Å². The summed E-state index contributed by atoms with van der Waals surface area (Å²) in [5.41, 5.74) is 3.75. The van der Waals surface area contributed by atoms with Crippen molar-refractivity contribution < 1.29 is 14.3 Å². The Morgan fingerprint density at radius 2 is 1.89 bits per heavy atom. The van der Waals surface area contributed by atoms with Gasteiger partial charge in [-0.15, -0.1) is 11.3 Å². The van der Waals surface area contributed by atoms with E-state index in [1.807, 2.05) is 18.2 Å². The van der Waals surface area contributed by atoms with E-state index in [1.165, 1.54) is 45.7 Å². The fourth-order valence-corrected chi connectivity index (χ4v) is 5.19. The standard InChI is InChI=1S/C22H25NO3S/c1-14(26-22(25)20-13-16-8-3-5-12-19(16)27-20)21(24)23-18-11-6-9-15-7-2-4-10-17(15)18/h2,4,7,10,13-14,18H,3,5-6,8-9,11-12H2,1H3,(H,23,24)/t14-,18+/m1/s1. The molecule has 0 fully saturated rings. The molecule has 0 radical (unpaired) electrons. The maximum atomic E-state index is 12.6. The van der Waals surface area contributed by atoms with Gasteiger partial charge in [-0.2, -0.15) is 0 Å². The molecule has 2 aliphatic rings. The minimum Gasteiger partial charge on any atom is -0.448 e. The predicted octanol–water partition coefficient (Wildman–Crippen LogP) is 4.37. The molecular formula is C22H25NO3S. The number of fused-ring (bicyclic) bond motifs is 2. The second kappa shape index (κ2) is 7.85. The van der Waals surface area contributed by atoms with Gasteiger partial charge in [0, 0.05) is 4.88 Å². The van der Waals surface area contributed by atoms with Gasteiger partial charge in [-0.25, -0.2) is 4.79 Å². The predicted molar refractivity (Wildman–Crippen MR) is 106 cm³/mol. The minimum absolute atomic E-state index is 0.00217. The van der Waals surface area contributed by atoms with Gasteiger partial charge in [0.05, 0.1) is 6.04 Å². The maximum absolute atomic E-state index is 12.6. The Labute approximate surface area is 163 Å². The van der Waals surface area contributed by atoms with Gasteiger partial charge >= 0.3 is 5.97 Å². The molecule has 1 amide bonds. The number of aryl methyl sites for hydroxylation is 3. The second-order valence-electron chi connectivity index (χ2n) is 7.47. The zero-order chi connectivity index (χ0) is 18.8. The highest BCUT2D eigenvalue weighted by molar-refractivity contribution is 7.14. The van der Waals surface area contributed by atoms with Crippen LogP contribution in [-0.4, -0.2) is 18.0 Å². The zero-order valence-corrected chi connectivity index (χ0v) is 16.4. The Morgan fingerprint density at radius 3 is 2.74 bits per heavy atom. The summed E-state index contributed by atoms with van der Waals surface area (Å²) in [5, 5.41) is 3.07. The van der Waals surface area contributed by atoms with Gasteiger partial charge in [0.15, 0.2) is 6.10 Å². The van der Waals surface area contributed by atoms with Crippen molar-refractivity contribution in [1.82, 2.24) is 5.32 Å². The highest BCUT2D eigenvalue weighted by Gasteiger charge is 2.26. The Balaban J connectivity index is 1.38. The smallest absolute Gasteiger partial charge is 0.349 e. The van der Waals surface area contributed by atoms with E-state index in [9.17, 15) is 9.59 Å². The third-order valence-corrected chi connectivity index (χ3v) is 6.75. The number of ether oxygens (including phenoxy) is 1. The normalized spacial score (nSPS) is 19.5. The number of thiophene rings is 1. The summed E-state index contributed by atoms with van der Waals surface area (Å²) in [7, 11) is 0. The van der Waals surface area contributed by atoms with Crippen molar-refractivity contribution in [2.45, 2.75) is 64.0 Å². The van der Waals surface area contributed by atoms with Gasteiger partial charge in [0.1, 0.15) is 4.88 Å². The first-order valence-corrected chi connectivity index (χ1v) is 10.6. The number of nitrogens with one attached hydrogen (secondary N) is 1. The number of carbonyl (C=O) groups is 2. The highest BCUT2D eigenvalue weighted by atomic mass is 32.1. The van der Waals surface area contributed by atoms with Crippen LogP contribution < -0.4 is 5.32 Å². The maximum Gasteiger partial charge on any atom is 0.349 e. The molecule has 0 unspecified atom stereocenters. The second-order valence-corrected chi connectivity index (χ2v) is 8.60. The molecule has 1 aromatic heterocycles. The Hall–Kier alpha value is -2.14. The molecule has 0 saturated heterocycles. The van der Waals surface area contributed by atoms with Crippen molar-refractivity contribution >= 4 is 23.2 Å². The molecule has 1 heterocycles. The van der Waals surface area contributed by atoms with Gasteiger partial charge in [-0.1, -0.05) is 24.3 Å². The number of esters is 1. The lowest BCUT2D eigenvalue weighted by Crippen LogP contribution is -2.39. The molecule has 0 bridgehead atoms. The van der Waals surface area contributed by atoms with Crippen molar-refractivity contribution in [2.75, 3.05) is 0 Å². The number of carbonyl (C=O) groups excluding carboxylic acids is 2. The summed E-state index contributed by atoms with van der Waals surface area (Å²) in [6, 6.07) is 10.2. The Morgan fingerprint density at radius 1 is 1.11 bits per heavy atom. The lowest BCUT2D eigenvalue weighted by atomic mass is 9.87. The van der Waals surface area contributed by atoms with Crippen LogP contribution in [0.2, 0.25) is 0 Å². The first-order chi connectivity index (χ1) is 13.1. The molecule has 1 N–H and O–H groups in total. The molecule has 27 heavy (non-hydrogen) atoms. The van der Waals surface area contributed by atoms with Gasteiger partial charge in [0.2, 0.25) is 0 Å². The molecule has 5 heteroatoms. The van der Waals surface area contributed by atoms with Crippen LogP contribution in [0.25, 0.3) is 0 Å². The average Bonchev–Trinajstić information content (AvgIpc) is 3.12. The van der Waals surface area contributed by atoms with Crippen LogP contribution in [0.4, 0.5) is 0 Å². The molecule has 142 valence electrons. The van der Waals surface area contributed by atoms with Crippen LogP contribution >= 0.6 is 11.3 Å². The summed E-state index contributed by atoms with van der Waals surface area (Å²) >= 11 is 1.52.